The number of carbonyl (C=O) groups excluding carboxylic acids is 1. The number of likely N-dealkylation sites (N-methyl/N-ethyl adjacent to an activating group) is 1. The number of hydrogen-bond acceptors (Lipinski definition) is 9. The topological polar surface area (TPSA) is 139 Å². The molecule has 1 aromatic carbocycles. The van der Waals surface area contributed by atoms with Crippen molar-refractivity contribution in [3.63, 3.8) is 0 Å². The first-order valence-electron chi connectivity index (χ1n) is 12.5. The lowest BCUT2D eigenvalue weighted by atomic mass is 10.1. The number of piperazine rings is 1. The molecule has 2 aromatic heterocycles. The summed E-state index contributed by atoms with van der Waals surface area (Å²) in [6.07, 6.45) is 3.21. The van der Waals surface area contributed by atoms with Crippen molar-refractivity contribution in [1.29, 1.82) is 0 Å². The van der Waals surface area contributed by atoms with Gasteiger partial charge in [-0.15, -0.1) is 0 Å². The smallest absolute Gasteiger partial charge is 0.264 e. The summed E-state index contributed by atoms with van der Waals surface area (Å²) in [6.45, 7) is 5.19. The zero-order valence-corrected chi connectivity index (χ0v) is 21.6. The number of aliphatic hydroxyl groups is 1. The summed E-state index contributed by atoms with van der Waals surface area (Å²) in [5.41, 5.74) is 7.31. The van der Waals surface area contributed by atoms with Crippen LogP contribution in [0.4, 0.5) is 11.8 Å². The molecule has 11 heteroatoms. The lowest BCUT2D eigenvalue weighted by Crippen LogP contribution is -2.47. The summed E-state index contributed by atoms with van der Waals surface area (Å²) >= 11 is 0. The molecule has 1 amide bonds. The Balaban J connectivity index is 1.64. The van der Waals surface area contributed by atoms with E-state index in [0.29, 0.717) is 47.5 Å². The van der Waals surface area contributed by atoms with Crippen LogP contribution in [0.15, 0.2) is 35.3 Å². The number of fused-ring (bicyclic) bond motifs is 1. The summed E-state index contributed by atoms with van der Waals surface area (Å²) in [5, 5.41) is 13.2. The van der Waals surface area contributed by atoms with Crippen LogP contribution in [0, 0.1) is 0 Å². The van der Waals surface area contributed by atoms with Gasteiger partial charge in [-0.05, 0) is 31.7 Å². The fourth-order valence-corrected chi connectivity index (χ4v) is 4.56. The van der Waals surface area contributed by atoms with Crippen LogP contribution in [0.1, 0.15) is 35.7 Å². The summed E-state index contributed by atoms with van der Waals surface area (Å²) in [7, 11) is 3.60. The summed E-state index contributed by atoms with van der Waals surface area (Å²) in [6, 6.07) is 6.78. The standard InChI is InChI=1S/C26H35N7O4/c1-4-5-19(16-34)28-23-22-20(29-26(27)30-23)8-9-33(25(22)36)15-18-7-6-17(14-21(18)37-3)24(35)32-12-10-31(2)11-13-32/h6-9,14,19,34H,4-5,10-13,15-16H2,1-3H3,(H3,27,28,29,30). The van der Waals surface area contributed by atoms with Crippen molar-refractivity contribution in [1.82, 2.24) is 24.3 Å². The zero-order chi connectivity index (χ0) is 26.5. The van der Waals surface area contributed by atoms with E-state index in [-0.39, 0.29) is 36.6 Å². The maximum Gasteiger partial charge on any atom is 0.264 e. The highest BCUT2D eigenvalue weighted by Crippen LogP contribution is 2.24. The predicted octanol–water partition coefficient (Wildman–Crippen LogP) is 1.39. The van der Waals surface area contributed by atoms with Gasteiger partial charge in [-0.25, -0.2) is 4.98 Å². The number of anilines is 2. The first-order chi connectivity index (χ1) is 17.8. The van der Waals surface area contributed by atoms with Crippen LogP contribution < -0.4 is 21.3 Å². The average Bonchev–Trinajstić information content (AvgIpc) is 2.89. The predicted molar refractivity (Wildman–Crippen MR) is 143 cm³/mol. The monoisotopic (exact) mass is 509 g/mol. The number of carbonyl (C=O) groups is 1. The minimum Gasteiger partial charge on any atom is -0.496 e. The van der Waals surface area contributed by atoms with Crippen molar-refractivity contribution in [2.45, 2.75) is 32.4 Å². The molecule has 1 fully saturated rings. The molecule has 0 spiro atoms. The number of nitrogens with two attached hydrogens (primary N) is 1. The highest BCUT2D eigenvalue weighted by atomic mass is 16.5. The quantitative estimate of drug-likeness (QED) is 0.390. The summed E-state index contributed by atoms with van der Waals surface area (Å²) < 4.78 is 7.14. The number of methoxy groups -OCH3 is 1. The van der Waals surface area contributed by atoms with Gasteiger partial charge >= 0.3 is 0 Å². The normalized spacial score (nSPS) is 15.1. The third kappa shape index (κ3) is 5.83. The van der Waals surface area contributed by atoms with Crippen molar-refractivity contribution in [2.24, 2.45) is 0 Å². The number of nitrogens with zero attached hydrogens (tertiary/aromatic N) is 5. The Morgan fingerprint density at radius 3 is 2.65 bits per heavy atom. The van der Waals surface area contributed by atoms with Crippen LogP contribution in [0.5, 0.6) is 5.75 Å². The van der Waals surface area contributed by atoms with Crippen LogP contribution in [0.2, 0.25) is 0 Å². The van der Waals surface area contributed by atoms with Crippen LogP contribution >= 0.6 is 0 Å². The molecule has 1 aliphatic rings. The number of benzene rings is 1. The molecule has 0 saturated carbocycles. The van der Waals surface area contributed by atoms with Crippen LogP contribution in [-0.4, -0.2) is 88.3 Å². The SMILES string of the molecule is CCCC(CO)Nc1nc(N)nc2ccn(Cc3ccc(C(=O)N4CCN(C)CC4)cc3OC)c(=O)c12. The van der Waals surface area contributed by atoms with Gasteiger partial charge in [0.15, 0.2) is 0 Å². The van der Waals surface area contributed by atoms with Crippen LogP contribution in [-0.2, 0) is 6.54 Å². The molecule has 1 saturated heterocycles. The maximum atomic E-state index is 13.5. The Morgan fingerprint density at radius 2 is 1.97 bits per heavy atom. The molecular weight excluding hydrogens is 474 g/mol. The van der Waals surface area contributed by atoms with E-state index in [1.54, 1.807) is 36.1 Å². The highest BCUT2D eigenvalue weighted by Gasteiger charge is 2.22. The Labute approximate surface area is 215 Å². The van der Waals surface area contributed by atoms with Gasteiger partial charge in [-0.1, -0.05) is 19.4 Å². The van der Waals surface area contributed by atoms with E-state index in [4.69, 9.17) is 10.5 Å². The molecule has 1 aliphatic heterocycles. The van der Waals surface area contributed by atoms with Gasteiger partial charge in [-0.3, -0.25) is 9.59 Å². The van der Waals surface area contributed by atoms with Gasteiger partial charge in [0.05, 0.1) is 31.8 Å². The first-order valence-corrected chi connectivity index (χ1v) is 12.5. The van der Waals surface area contributed by atoms with Crippen molar-refractivity contribution in [3.8, 4) is 5.75 Å². The van der Waals surface area contributed by atoms with Gasteiger partial charge in [0.2, 0.25) is 5.95 Å². The van der Waals surface area contributed by atoms with E-state index in [9.17, 15) is 14.7 Å². The number of aromatic nitrogens is 3. The molecular formula is C26H35N7O4. The van der Waals surface area contributed by atoms with Crippen molar-refractivity contribution >= 4 is 28.6 Å². The lowest BCUT2D eigenvalue weighted by molar-refractivity contribution is 0.0663. The molecule has 4 rings (SSSR count). The number of hydrogen-bond donors (Lipinski definition) is 3. The van der Waals surface area contributed by atoms with Crippen molar-refractivity contribution < 1.29 is 14.6 Å². The van der Waals surface area contributed by atoms with E-state index in [1.165, 1.54) is 0 Å². The molecule has 198 valence electrons. The highest BCUT2D eigenvalue weighted by molar-refractivity contribution is 5.95. The van der Waals surface area contributed by atoms with E-state index < -0.39 is 0 Å². The summed E-state index contributed by atoms with van der Waals surface area (Å²) in [5.74, 6) is 0.844. The maximum absolute atomic E-state index is 13.5. The number of nitrogens with one attached hydrogen (secondary N) is 1. The van der Waals surface area contributed by atoms with Gasteiger partial charge in [0, 0.05) is 43.5 Å². The molecule has 4 N–H and O–H groups in total. The van der Waals surface area contributed by atoms with E-state index in [1.807, 2.05) is 24.9 Å². The molecule has 1 unspecified atom stereocenters. The molecule has 0 aliphatic carbocycles. The minimum absolute atomic E-state index is 0.0307. The third-order valence-electron chi connectivity index (χ3n) is 6.70. The number of amides is 1. The Morgan fingerprint density at radius 1 is 1.22 bits per heavy atom. The second kappa shape index (κ2) is 11.6. The van der Waals surface area contributed by atoms with E-state index >= 15 is 0 Å². The fraction of sp³-hybridized carbons (Fsp3) is 0.462. The number of ether oxygens (including phenoxy) is 1. The molecule has 3 aromatic rings. The number of pyridine rings is 1. The van der Waals surface area contributed by atoms with Gasteiger partial charge in [0.25, 0.3) is 11.5 Å². The average molecular weight is 510 g/mol. The summed E-state index contributed by atoms with van der Waals surface area (Å²) in [4.78, 5) is 39.1. The second-order valence-electron chi connectivity index (χ2n) is 9.37. The number of nitrogen functional groups attached to an aromatic ring is 1. The van der Waals surface area contributed by atoms with Crippen molar-refractivity contribution in [2.75, 3.05) is 58.0 Å². The first kappa shape index (κ1) is 26.4. The number of rotatable bonds is 9. The molecule has 37 heavy (non-hydrogen) atoms. The van der Waals surface area contributed by atoms with Gasteiger partial charge in [0.1, 0.15) is 17.0 Å². The molecule has 0 bridgehead atoms. The molecule has 1 atom stereocenters. The van der Waals surface area contributed by atoms with Crippen LogP contribution in [0.25, 0.3) is 10.9 Å². The van der Waals surface area contributed by atoms with Crippen molar-refractivity contribution in [3.05, 3.63) is 51.9 Å². The fourth-order valence-electron chi connectivity index (χ4n) is 4.56. The molecule has 11 nitrogen and oxygen atoms in total. The Kier molecular flexibility index (Phi) is 8.24. The molecule has 0 radical (unpaired) electrons. The van der Waals surface area contributed by atoms with Gasteiger partial charge in [-0.2, -0.15) is 4.98 Å². The second-order valence-corrected chi connectivity index (χ2v) is 9.37. The largest absolute Gasteiger partial charge is 0.496 e. The Hall–Kier alpha value is -3.70. The van der Waals surface area contributed by atoms with Gasteiger partial charge < -0.3 is 35.3 Å². The minimum atomic E-state index is -0.298. The zero-order valence-electron chi connectivity index (χ0n) is 21.6. The number of aliphatic hydroxyl groups excluding tert-OH is 1. The third-order valence-corrected chi connectivity index (χ3v) is 6.70. The Bertz CT molecular complexity index is 1320. The lowest BCUT2D eigenvalue weighted by Gasteiger charge is -2.32. The van der Waals surface area contributed by atoms with E-state index in [0.717, 1.165) is 25.1 Å². The van der Waals surface area contributed by atoms with E-state index in [2.05, 4.69) is 20.2 Å². The molecule has 3 heterocycles. The van der Waals surface area contributed by atoms with Crippen LogP contribution in [0.3, 0.4) is 0 Å².